The Hall–Kier alpha value is -5.83. The van der Waals surface area contributed by atoms with E-state index in [2.05, 4.69) is 0 Å². The number of hydrogen-bond donors (Lipinski definition) is 0. The molecular formula is C44H33B2F15N2Si2. The van der Waals surface area contributed by atoms with Crippen LogP contribution in [0.15, 0.2) is 107 Å². The van der Waals surface area contributed by atoms with Gasteiger partial charge in [0.1, 0.15) is 48.1 Å². The minimum atomic E-state index is -5.49. The number of hydrogen-bond acceptors (Lipinski definition) is 0. The first-order chi connectivity index (χ1) is 30.3. The van der Waals surface area contributed by atoms with Crippen LogP contribution in [0.4, 0.5) is 65.9 Å². The van der Waals surface area contributed by atoms with Crippen molar-refractivity contribution >= 4 is 50.7 Å². The third-order valence-electron chi connectivity index (χ3n) is 12.1. The van der Waals surface area contributed by atoms with Crippen LogP contribution in [0.2, 0.25) is 39.3 Å². The topological polar surface area (TPSA) is 7.76 Å². The minimum absolute atomic E-state index is 0.118. The van der Waals surface area contributed by atoms with Crippen molar-refractivity contribution in [1.29, 1.82) is 0 Å². The quantitative estimate of drug-likeness (QED) is 0.0591. The second-order valence-corrected chi connectivity index (χ2v) is 27.8. The highest BCUT2D eigenvalue weighted by atomic mass is 28.3. The Kier molecular flexibility index (Phi) is 11.8. The molecule has 3 heterocycles. The van der Waals surface area contributed by atoms with Gasteiger partial charge in [0.2, 0.25) is 5.82 Å². The van der Waals surface area contributed by atoms with Gasteiger partial charge >= 0.3 is 12.6 Å². The van der Waals surface area contributed by atoms with Crippen LogP contribution >= 0.6 is 0 Å². The lowest BCUT2D eigenvalue weighted by Crippen LogP contribution is -2.84. The number of nitrogens with zero attached hydrogens (tertiary/aromatic N) is 2. The van der Waals surface area contributed by atoms with Crippen LogP contribution in [0.3, 0.4) is 0 Å². The molecule has 0 aliphatic carbocycles. The molecule has 1 aliphatic heterocycles. The monoisotopic (exact) mass is 952 g/mol. The van der Waals surface area contributed by atoms with Gasteiger partial charge < -0.3 is 8.96 Å². The molecule has 1 aliphatic rings. The van der Waals surface area contributed by atoms with Gasteiger partial charge in [-0.1, -0.05) is 87.3 Å². The van der Waals surface area contributed by atoms with Crippen LogP contribution in [0, 0.1) is 87.3 Å². The molecule has 1 atom stereocenters. The van der Waals surface area contributed by atoms with Gasteiger partial charge in [-0.05, 0) is 35.2 Å². The average molecular weight is 953 g/mol. The van der Waals surface area contributed by atoms with E-state index in [1.807, 2.05) is 0 Å². The summed E-state index contributed by atoms with van der Waals surface area (Å²) in [7, 11) is -7.78. The van der Waals surface area contributed by atoms with E-state index in [0.717, 1.165) is 12.1 Å². The maximum Gasteiger partial charge on any atom is 0.368 e. The Bertz CT molecular complexity index is 2820. The second kappa shape index (κ2) is 16.3. The largest absolute Gasteiger partial charge is 0.416 e. The summed E-state index contributed by atoms with van der Waals surface area (Å²) >= 11 is 0. The SMILES string of the molecule is C[Si](C)(C)C1=C(c2c(F)c(F)c(F)c(F)c2F)C([B-](c2c(F)c(F)c(F)c(F)c2F)(c2c(F)c(F)c(F)c(F)c2F)[n+]2ccccc2)=C([Si](C)(C)C)[B@-]1(c1ccccc1)[n+]1ccccc1. The van der Waals surface area contributed by atoms with E-state index in [4.69, 9.17) is 0 Å². The molecule has 2 nitrogen and oxygen atoms in total. The van der Waals surface area contributed by atoms with Gasteiger partial charge in [-0.3, -0.25) is 0 Å². The highest BCUT2D eigenvalue weighted by Gasteiger charge is 2.64. The summed E-state index contributed by atoms with van der Waals surface area (Å²) in [5.74, 6) is -41.5. The zero-order valence-electron chi connectivity index (χ0n) is 34.9. The van der Waals surface area contributed by atoms with E-state index in [9.17, 15) is 0 Å². The molecule has 0 radical (unpaired) electrons. The van der Waals surface area contributed by atoms with E-state index >= 15 is 65.9 Å². The van der Waals surface area contributed by atoms with Crippen LogP contribution in [0.5, 0.6) is 0 Å². The van der Waals surface area contributed by atoms with Crippen molar-refractivity contribution < 1.29 is 74.8 Å². The van der Waals surface area contributed by atoms with Gasteiger partial charge in [0, 0.05) is 16.1 Å². The van der Waals surface area contributed by atoms with Crippen molar-refractivity contribution in [3.8, 4) is 0 Å². The molecule has 0 unspecified atom stereocenters. The summed E-state index contributed by atoms with van der Waals surface area (Å²) in [5.41, 5.74) is -8.75. The third-order valence-corrected chi connectivity index (χ3v) is 16.7. The lowest BCUT2D eigenvalue weighted by molar-refractivity contribution is -0.542. The number of allylic oxidation sites excluding steroid dienone is 2. The molecule has 0 saturated carbocycles. The molecule has 21 heteroatoms. The summed E-state index contributed by atoms with van der Waals surface area (Å²) in [6.07, 6.45) is -4.73. The van der Waals surface area contributed by atoms with Crippen LogP contribution in [-0.4, -0.2) is 28.7 Å². The number of rotatable bonds is 9. The molecule has 0 spiro atoms. The zero-order chi connectivity index (χ0) is 48.0. The zero-order valence-corrected chi connectivity index (χ0v) is 36.9. The Balaban J connectivity index is 2.07. The van der Waals surface area contributed by atoms with Crippen molar-refractivity contribution in [2.75, 3.05) is 0 Å². The van der Waals surface area contributed by atoms with Gasteiger partial charge in [0.15, 0.2) is 58.2 Å². The molecule has 0 saturated heterocycles. The number of pyridine rings is 2. The third kappa shape index (κ3) is 6.65. The first kappa shape index (κ1) is 47.1. The van der Waals surface area contributed by atoms with Crippen LogP contribution in [0.1, 0.15) is 5.56 Å². The predicted octanol–water partition coefficient (Wildman–Crippen LogP) is 9.49. The molecule has 338 valence electrons. The Morgan fingerprint density at radius 3 is 1.08 bits per heavy atom. The lowest BCUT2D eigenvalue weighted by atomic mass is 9.21. The van der Waals surface area contributed by atoms with E-state index in [0.29, 0.717) is 16.9 Å². The standard InChI is InChI=1S/C44H33B2F15N2Si2/c1-64(2,3)43-23(24-28(47)34(53)40(59)35(54)29(24)48)25(44(65(4,5)6)45(43,22-16-10-7-11-17-22)62-18-12-8-13-19-62)46(63-20-14-9-15-21-63,26-30(49)36(55)41(60)37(56)31(26)50)27-32(51)38(57)42(61)39(58)33(27)52/h7-21H,1-6H3/t45-/m1/s1. The molecule has 0 bridgehead atoms. The molecule has 0 N–H and O–H groups in total. The van der Waals surface area contributed by atoms with Gasteiger partial charge in [-0.2, -0.15) is 15.7 Å². The fourth-order valence-corrected chi connectivity index (χ4v) is 15.9. The van der Waals surface area contributed by atoms with E-state index in [1.54, 1.807) is 0 Å². The predicted molar refractivity (Wildman–Crippen MR) is 220 cm³/mol. The average Bonchev–Trinajstić information content (AvgIpc) is 3.62. The maximum atomic E-state index is 17.4. The number of benzene rings is 4. The van der Waals surface area contributed by atoms with E-state index in [-0.39, 0.29) is 15.7 Å². The molecule has 65 heavy (non-hydrogen) atoms. The molecule has 2 aromatic heterocycles. The van der Waals surface area contributed by atoms with Gasteiger partial charge in [0.05, 0.1) is 5.56 Å². The van der Waals surface area contributed by atoms with Crippen molar-refractivity contribution in [3.63, 3.8) is 0 Å². The molecule has 4 aromatic carbocycles. The highest BCUT2D eigenvalue weighted by Crippen LogP contribution is 2.53. The van der Waals surface area contributed by atoms with Crippen molar-refractivity contribution in [2.45, 2.75) is 39.3 Å². The molecule has 0 fully saturated rings. The first-order valence-corrected chi connectivity index (χ1v) is 26.7. The summed E-state index contributed by atoms with van der Waals surface area (Å²) < 4.78 is 247. The fourth-order valence-electron chi connectivity index (χ4n) is 10.2. The number of halogens is 15. The summed E-state index contributed by atoms with van der Waals surface area (Å²) in [5, 5.41) is -0.605. The van der Waals surface area contributed by atoms with Gasteiger partial charge in [-0.25, -0.2) is 65.9 Å². The van der Waals surface area contributed by atoms with Crippen molar-refractivity contribution in [3.05, 3.63) is 200 Å². The Morgan fingerprint density at radius 1 is 0.385 bits per heavy atom. The van der Waals surface area contributed by atoms with Gasteiger partial charge in [0.25, 0.3) is 0 Å². The summed E-state index contributed by atoms with van der Waals surface area (Å²) in [6, 6.07) is 14.9. The van der Waals surface area contributed by atoms with Crippen LogP contribution < -0.4 is 25.3 Å². The van der Waals surface area contributed by atoms with Crippen molar-refractivity contribution in [1.82, 2.24) is 0 Å². The molecular weight excluding hydrogens is 919 g/mol. The molecule has 7 rings (SSSR count). The first-order valence-electron chi connectivity index (χ1n) is 19.7. The molecule has 0 amide bonds. The molecule has 6 aromatic rings. The van der Waals surface area contributed by atoms with E-state index < -0.39 is 144 Å². The highest BCUT2D eigenvalue weighted by molar-refractivity contribution is 7.23. The Labute approximate surface area is 363 Å². The smallest absolute Gasteiger partial charge is 0.368 e. The fraction of sp³-hybridized carbons (Fsp3) is 0.136. The van der Waals surface area contributed by atoms with Crippen molar-refractivity contribution in [2.24, 2.45) is 0 Å². The van der Waals surface area contributed by atoms with Crippen LogP contribution in [0.25, 0.3) is 5.57 Å². The summed E-state index contributed by atoms with van der Waals surface area (Å²) in [6.45, 7) is 9.02. The summed E-state index contributed by atoms with van der Waals surface area (Å²) in [4.78, 5) is 0. The van der Waals surface area contributed by atoms with Crippen LogP contribution in [-0.2, 0) is 0 Å². The minimum Gasteiger partial charge on any atom is -0.416 e. The number of aromatic nitrogens is 2. The van der Waals surface area contributed by atoms with Gasteiger partial charge in [-0.15, -0.1) is 5.46 Å². The lowest BCUT2D eigenvalue weighted by Gasteiger charge is -2.48. The normalized spacial score (nSPS) is 16.0. The Morgan fingerprint density at radius 2 is 0.708 bits per heavy atom. The van der Waals surface area contributed by atoms with E-state index in [1.165, 1.54) is 111 Å². The maximum absolute atomic E-state index is 17.4. The second-order valence-electron chi connectivity index (χ2n) is 17.7.